The topological polar surface area (TPSA) is 49.3 Å². The van der Waals surface area contributed by atoms with Crippen LogP contribution in [-0.4, -0.2) is 23.7 Å². The molecule has 0 aliphatic heterocycles. The highest BCUT2D eigenvalue weighted by atomic mass is 16.3. The van der Waals surface area contributed by atoms with Gasteiger partial charge < -0.3 is 10.4 Å². The summed E-state index contributed by atoms with van der Waals surface area (Å²) in [5.41, 5.74) is 1.57. The molecule has 0 aromatic heterocycles. The molecule has 1 unspecified atom stereocenters. The minimum absolute atomic E-state index is 0.0674. The van der Waals surface area contributed by atoms with Crippen molar-refractivity contribution in [2.24, 2.45) is 0 Å². The summed E-state index contributed by atoms with van der Waals surface area (Å²) in [6.07, 6.45) is -0.521. The van der Waals surface area contributed by atoms with Crippen LogP contribution in [-0.2, 0) is 10.2 Å². The quantitative estimate of drug-likeness (QED) is 0.835. The molecule has 3 heteroatoms. The standard InChI is InChI=1S/C14H21NO2/c1-10-5-7-12(8-6-10)14(3,4)13(17)15-9-11(2)16/h5-8,11,16H,9H2,1-4H3,(H,15,17). The van der Waals surface area contributed by atoms with Crippen molar-refractivity contribution >= 4 is 5.91 Å². The van der Waals surface area contributed by atoms with E-state index in [9.17, 15) is 4.79 Å². The van der Waals surface area contributed by atoms with Crippen LogP contribution in [0.15, 0.2) is 24.3 Å². The van der Waals surface area contributed by atoms with Gasteiger partial charge in [-0.1, -0.05) is 29.8 Å². The summed E-state index contributed by atoms with van der Waals surface area (Å²) < 4.78 is 0. The van der Waals surface area contributed by atoms with Crippen molar-refractivity contribution < 1.29 is 9.90 Å². The Morgan fingerprint density at radius 2 is 1.88 bits per heavy atom. The Balaban J connectivity index is 2.79. The Labute approximate surface area is 103 Å². The molecule has 1 aromatic carbocycles. The summed E-state index contributed by atoms with van der Waals surface area (Å²) in [7, 11) is 0. The Hall–Kier alpha value is -1.35. The number of hydrogen-bond donors (Lipinski definition) is 2. The van der Waals surface area contributed by atoms with Gasteiger partial charge in [0.2, 0.25) is 5.91 Å². The molecule has 3 nitrogen and oxygen atoms in total. The molecule has 0 spiro atoms. The lowest BCUT2D eigenvalue weighted by molar-refractivity contribution is -0.126. The van der Waals surface area contributed by atoms with Crippen LogP contribution in [0.2, 0.25) is 0 Å². The maximum Gasteiger partial charge on any atom is 0.230 e. The van der Waals surface area contributed by atoms with E-state index in [1.54, 1.807) is 6.92 Å². The number of nitrogens with one attached hydrogen (secondary N) is 1. The maximum atomic E-state index is 12.0. The summed E-state index contributed by atoms with van der Waals surface area (Å²) in [4.78, 5) is 12.0. The first-order valence-electron chi connectivity index (χ1n) is 5.87. The normalized spacial score (nSPS) is 13.2. The van der Waals surface area contributed by atoms with E-state index in [1.165, 1.54) is 5.56 Å². The molecule has 0 saturated heterocycles. The van der Waals surface area contributed by atoms with Crippen LogP contribution in [0.5, 0.6) is 0 Å². The number of rotatable bonds is 4. The predicted octanol–water partition coefficient (Wildman–Crippen LogP) is 1.77. The van der Waals surface area contributed by atoms with Crippen LogP contribution in [0, 0.1) is 6.92 Å². The molecule has 2 N–H and O–H groups in total. The first kappa shape index (κ1) is 13.7. The van der Waals surface area contributed by atoms with Crippen LogP contribution >= 0.6 is 0 Å². The highest BCUT2D eigenvalue weighted by molar-refractivity contribution is 5.87. The van der Waals surface area contributed by atoms with Crippen LogP contribution in [0.25, 0.3) is 0 Å². The summed E-state index contributed by atoms with van der Waals surface area (Å²) in [6.45, 7) is 7.72. The summed E-state index contributed by atoms with van der Waals surface area (Å²) >= 11 is 0. The molecule has 0 saturated carbocycles. The molecule has 1 aromatic rings. The second-order valence-electron chi connectivity index (χ2n) is 5.05. The van der Waals surface area contributed by atoms with Crippen molar-refractivity contribution in [3.63, 3.8) is 0 Å². The smallest absolute Gasteiger partial charge is 0.230 e. The van der Waals surface area contributed by atoms with Crippen molar-refractivity contribution in [2.75, 3.05) is 6.54 Å². The number of aryl methyl sites for hydroxylation is 1. The number of benzene rings is 1. The van der Waals surface area contributed by atoms with Crippen molar-refractivity contribution in [3.05, 3.63) is 35.4 Å². The zero-order valence-corrected chi connectivity index (χ0v) is 10.9. The van der Waals surface area contributed by atoms with E-state index in [-0.39, 0.29) is 12.5 Å². The molecule has 0 aliphatic rings. The van der Waals surface area contributed by atoms with Gasteiger partial charge in [0.15, 0.2) is 0 Å². The van der Waals surface area contributed by atoms with Gasteiger partial charge in [-0.15, -0.1) is 0 Å². The van der Waals surface area contributed by atoms with E-state index >= 15 is 0 Å². The van der Waals surface area contributed by atoms with Gasteiger partial charge in [-0.3, -0.25) is 4.79 Å². The van der Waals surface area contributed by atoms with Gasteiger partial charge >= 0.3 is 0 Å². The zero-order chi connectivity index (χ0) is 13.1. The summed E-state index contributed by atoms with van der Waals surface area (Å²) in [6, 6.07) is 7.94. The third kappa shape index (κ3) is 3.56. The molecule has 1 amide bonds. The molecule has 0 radical (unpaired) electrons. The summed E-state index contributed by atoms with van der Waals surface area (Å²) in [5, 5.41) is 11.9. The number of amides is 1. The van der Waals surface area contributed by atoms with Gasteiger partial charge in [0.1, 0.15) is 0 Å². The second-order valence-corrected chi connectivity index (χ2v) is 5.05. The third-order valence-corrected chi connectivity index (χ3v) is 2.90. The average molecular weight is 235 g/mol. The van der Waals surface area contributed by atoms with E-state index in [0.29, 0.717) is 0 Å². The molecule has 94 valence electrons. The van der Waals surface area contributed by atoms with Crippen molar-refractivity contribution in [1.29, 1.82) is 0 Å². The van der Waals surface area contributed by atoms with E-state index < -0.39 is 11.5 Å². The van der Waals surface area contributed by atoms with Crippen LogP contribution in [0.3, 0.4) is 0 Å². The highest BCUT2D eigenvalue weighted by Gasteiger charge is 2.29. The van der Waals surface area contributed by atoms with E-state index in [2.05, 4.69) is 5.32 Å². The van der Waals surface area contributed by atoms with Crippen molar-refractivity contribution in [2.45, 2.75) is 39.2 Å². The minimum Gasteiger partial charge on any atom is -0.392 e. The molecule has 0 fully saturated rings. The second kappa shape index (κ2) is 5.32. The van der Waals surface area contributed by atoms with E-state index in [0.717, 1.165) is 5.56 Å². The SMILES string of the molecule is Cc1ccc(C(C)(C)C(=O)NCC(C)O)cc1. The number of aliphatic hydroxyl groups is 1. The lowest BCUT2D eigenvalue weighted by atomic mass is 9.83. The number of carbonyl (C=O) groups excluding carboxylic acids is 1. The lowest BCUT2D eigenvalue weighted by Gasteiger charge is -2.24. The number of aliphatic hydroxyl groups excluding tert-OH is 1. The Morgan fingerprint density at radius 1 is 1.35 bits per heavy atom. The largest absolute Gasteiger partial charge is 0.392 e. The first-order chi connectivity index (χ1) is 7.84. The molecule has 0 heterocycles. The molecule has 1 rings (SSSR count). The Bertz CT molecular complexity index is 380. The van der Waals surface area contributed by atoms with Gasteiger partial charge in [0.25, 0.3) is 0 Å². The molecule has 0 aliphatic carbocycles. The van der Waals surface area contributed by atoms with Crippen molar-refractivity contribution in [3.8, 4) is 0 Å². The highest BCUT2D eigenvalue weighted by Crippen LogP contribution is 2.23. The van der Waals surface area contributed by atoms with Gasteiger partial charge in [-0.05, 0) is 33.3 Å². The van der Waals surface area contributed by atoms with Gasteiger partial charge in [0.05, 0.1) is 11.5 Å². The Kier molecular flexibility index (Phi) is 4.29. The van der Waals surface area contributed by atoms with E-state index in [4.69, 9.17) is 5.11 Å². The molecular formula is C14H21NO2. The maximum absolute atomic E-state index is 12.0. The molecule has 1 atom stereocenters. The zero-order valence-electron chi connectivity index (χ0n) is 10.9. The van der Waals surface area contributed by atoms with Gasteiger partial charge in [-0.25, -0.2) is 0 Å². The average Bonchev–Trinajstić information content (AvgIpc) is 2.26. The van der Waals surface area contributed by atoms with Crippen LogP contribution < -0.4 is 5.32 Å². The minimum atomic E-state index is -0.581. The summed E-state index contributed by atoms with van der Waals surface area (Å²) in [5.74, 6) is -0.0674. The third-order valence-electron chi connectivity index (χ3n) is 2.90. The molecule has 0 bridgehead atoms. The van der Waals surface area contributed by atoms with Crippen LogP contribution in [0.4, 0.5) is 0 Å². The fraction of sp³-hybridized carbons (Fsp3) is 0.500. The first-order valence-corrected chi connectivity index (χ1v) is 5.87. The number of hydrogen-bond acceptors (Lipinski definition) is 2. The monoisotopic (exact) mass is 235 g/mol. The predicted molar refractivity (Wildman–Crippen MR) is 68.9 cm³/mol. The molecule has 17 heavy (non-hydrogen) atoms. The van der Waals surface area contributed by atoms with Gasteiger partial charge in [0, 0.05) is 6.54 Å². The van der Waals surface area contributed by atoms with Crippen LogP contribution in [0.1, 0.15) is 31.9 Å². The van der Waals surface area contributed by atoms with Gasteiger partial charge in [-0.2, -0.15) is 0 Å². The fourth-order valence-electron chi connectivity index (χ4n) is 1.56. The number of carbonyl (C=O) groups is 1. The van der Waals surface area contributed by atoms with E-state index in [1.807, 2.05) is 45.0 Å². The van der Waals surface area contributed by atoms with Crippen molar-refractivity contribution in [1.82, 2.24) is 5.32 Å². The Morgan fingerprint density at radius 3 is 2.35 bits per heavy atom. The fourth-order valence-corrected chi connectivity index (χ4v) is 1.56. The molecular weight excluding hydrogens is 214 g/mol. The lowest BCUT2D eigenvalue weighted by Crippen LogP contribution is -2.42.